The number of anilines is 1. The first-order valence-electron chi connectivity index (χ1n) is 6.62. The average molecular weight is 315 g/mol. The van der Waals surface area contributed by atoms with Crippen LogP contribution in [0.4, 0.5) is 10.1 Å². The summed E-state index contributed by atoms with van der Waals surface area (Å²) < 4.78 is 17.7. The number of halogens is 1. The van der Waals surface area contributed by atoms with Crippen molar-refractivity contribution in [2.24, 2.45) is 5.10 Å². The molecule has 0 spiro atoms. The second kappa shape index (κ2) is 7.69. The van der Waals surface area contributed by atoms with Crippen molar-refractivity contribution in [3.63, 3.8) is 0 Å². The van der Waals surface area contributed by atoms with Gasteiger partial charge < -0.3 is 10.1 Å². The molecule has 0 atom stereocenters. The molecule has 0 aliphatic carbocycles. The lowest BCUT2D eigenvalue weighted by Gasteiger charge is -2.05. The number of methoxy groups -OCH3 is 1. The highest BCUT2D eigenvalue weighted by atomic mass is 19.1. The molecule has 0 heterocycles. The van der Waals surface area contributed by atoms with Crippen molar-refractivity contribution in [1.29, 1.82) is 0 Å². The number of hydrogen-bond acceptors (Lipinski definition) is 4. The van der Waals surface area contributed by atoms with Gasteiger partial charge in [0.25, 0.3) is 0 Å². The van der Waals surface area contributed by atoms with Crippen molar-refractivity contribution >= 4 is 23.7 Å². The van der Waals surface area contributed by atoms with Crippen LogP contribution in [0.2, 0.25) is 0 Å². The van der Waals surface area contributed by atoms with Crippen LogP contribution in [0.5, 0.6) is 5.75 Å². The van der Waals surface area contributed by atoms with Gasteiger partial charge in [-0.1, -0.05) is 12.1 Å². The van der Waals surface area contributed by atoms with Crippen molar-refractivity contribution < 1.29 is 18.7 Å². The molecule has 2 aromatic rings. The number of hydrazone groups is 1. The molecule has 0 aliphatic heterocycles. The van der Waals surface area contributed by atoms with E-state index in [1.807, 2.05) is 0 Å². The van der Waals surface area contributed by atoms with Gasteiger partial charge in [-0.2, -0.15) is 5.10 Å². The van der Waals surface area contributed by atoms with Gasteiger partial charge in [-0.25, -0.2) is 9.82 Å². The molecular formula is C16H14FN3O3. The van der Waals surface area contributed by atoms with Gasteiger partial charge in [0.05, 0.1) is 13.3 Å². The topological polar surface area (TPSA) is 79.8 Å². The summed E-state index contributed by atoms with van der Waals surface area (Å²) in [5.74, 6) is -1.51. The van der Waals surface area contributed by atoms with E-state index in [4.69, 9.17) is 4.74 Å². The summed E-state index contributed by atoms with van der Waals surface area (Å²) in [6.45, 7) is 0. The molecule has 6 nitrogen and oxygen atoms in total. The molecule has 0 fully saturated rings. The van der Waals surface area contributed by atoms with Crippen molar-refractivity contribution in [2.75, 3.05) is 12.4 Å². The third-order valence-electron chi connectivity index (χ3n) is 2.80. The quantitative estimate of drug-likeness (QED) is 0.514. The molecule has 23 heavy (non-hydrogen) atoms. The van der Waals surface area contributed by atoms with E-state index in [0.29, 0.717) is 17.0 Å². The summed E-state index contributed by atoms with van der Waals surface area (Å²) in [6.07, 6.45) is 1.30. The fraction of sp³-hybridized carbons (Fsp3) is 0.0625. The molecule has 0 radical (unpaired) electrons. The Morgan fingerprint density at radius 3 is 2.30 bits per heavy atom. The fourth-order valence-corrected chi connectivity index (χ4v) is 1.63. The predicted molar refractivity (Wildman–Crippen MR) is 83.8 cm³/mol. The Morgan fingerprint density at radius 1 is 1.04 bits per heavy atom. The van der Waals surface area contributed by atoms with Crippen molar-refractivity contribution in [3.05, 3.63) is 59.9 Å². The van der Waals surface area contributed by atoms with Crippen molar-refractivity contribution in [1.82, 2.24) is 5.43 Å². The number of hydrogen-bond donors (Lipinski definition) is 2. The zero-order valence-corrected chi connectivity index (χ0v) is 12.2. The lowest BCUT2D eigenvalue weighted by Crippen LogP contribution is -2.32. The molecule has 118 valence electrons. The Bertz CT molecular complexity index is 712. The summed E-state index contributed by atoms with van der Waals surface area (Å²) in [5.41, 5.74) is 3.13. The average Bonchev–Trinajstić information content (AvgIpc) is 2.57. The zero-order chi connectivity index (χ0) is 16.7. The van der Waals surface area contributed by atoms with Gasteiger partial charge in [0.1, 0.15) is 11.6 Å². The van der Waals surface area contributed by atoms with Crippen LogP contribution in [0.15, 0.2) is 53.6 Å². The molecular weight excluding hydrogens is 301 g/mol. The minimum absolute atomic E-state index is 0.370. The minimum atomic E-state index is -0.917. The monoisotopic (exact) mass is 315 g/mol. The number of rotatable bonds is 4. The Kier molecular flexibility index (Phi) is 5.40. The number of amides is 2. The van der Waals surface area contributed by atoms with Crippen LogP contribution in [0.1, 0.15) is 5.56 Å². The molecule has 0 bridgehead atoms. The van der Waals surface area contributed by atoms with E-state index in [-0.39, 0.29) is 5.82 Å². The number of carbonyl (C=O) groups excluding carboxylic acids is 2. The summed E-state index contributed by atoms with van der Waals surface area (Å²) in [4.78, 5) is 23.3. The highest BCUT2D eigenvalue weighted by Crippen LogP contribution is 2.14. The van der Waals surface area contributed by atoms with Gasteiger partial charge in [0.15, 0.2) is 0 Å². The molecule has 7 heteroatoms. The maximum atomic E-state index is 12.7. The van der Waals surface area contributed by atoms with Gasteiger partial charge in [-0.15, -0.1) is 0 Å². The van der Waals surface area contributed by atoms with Gasteiger partial charge in [0, 0.05) is 5.69 Å². The molecule has 0 aromatic heterocycles. The summed E-state index contributed by atoms with van der Waals surface area (Å²) in [5, 5.41) is 6.05. The van der Waals surface area contributed by atoms with Gasteiger partial charge in [-0.3, -0.25) is 9.59 Å². The number of benzene rings is 2. The van der Waals surface area contributed by atoms with E-state index in [1.54, 1.807) is 24.3 Å². The van der Waals surface area contributed by atoms with Crippen LogP contribution in [-0.4, -0.2) is 25.1 Å². The Hall–Kier alpha value is -3.22. The Balaban J connectivity index is 1.86. The van der Waals surface area contributed by atoms with Gasteiger partial charge in [-0.05, 0) is 42.0 Å². The first kappa shape index (κ1) is 16.2. The second-order valence-corrected chi connectivity index (χ2v) is 4.43. The van der Waals surface area contributed by atoms with E-state index >= 15 is 0 Å². The van der Waals surface area contributed by atoms with Gasteiger partial charge >= 0.3 is 11.8 Å². The summed E-state index contributed by atoms with van der Waals surface area (Å²) >= 11 is 0. The van der Waals surface area contributed by atoms with Crippen LogP contribution in [-0.2, 0) is 9.59 Å². The van der Waals surface area contributed by atoms with Crippen LogP contribution in [0.25, 0.3) is 0 Å². The van der Waals surface area contributed by atoms with Crippen molar-refractivity contribution in [2.45, 2.75) is 0 Å². The first-order valence-corrected chi connectivity index (χ1v) is 6.62. The van der Waals surface area contributed by atoms with E-state index in [9.17, 15) is 14.0 Å². The number of nitrogens with one attached hydrogen (secondary N) is 2. The van der Waals surface area contributed by atoms with E-state index in [1.165, 1.54) is 37.6 Å². The van der Waals surface area contributed by atoms with Crippen LogP contribution in [0.3, 0.4) is 0 Å². The third-order valence-corrected chi connectivity index (χ3v) is 2.80. The molecule has 2 amide bonds. The molecule has 0 saturated carbocycles. The lowest BCUT2D eigenvalue weighted by atomic mass is 10.2. The normalized spacial score (nSPS) is 10.3. The number of carbonyl (C=O) groups is 2. The zero-order valence-electron chi connectivity index (χ0n) is 12.2. The van der Waals surface area contributed by atoms with Crippen molar-refractivity contribution in [3.8, 4) is 5.75 Å². The summed E-state index contributed by atoms with van der Waals surface area (Å²) in [7, 11) is 1.53. The fourth-order valence-electron chi connectivity index (χ4n) is 1.63. The molecule has 0 aliphatic rings. The van der Waals surface area contributed by atoms with E-state index in [2.05, 4.69) is 15.8 Å². The smallest absolute Gasteiger partial charge is 0.329 e. The predicted octanol–water partition coefficient (Wildman–Crippen LogP) is 1.92. The van der Waals surface area contributed by atoms with Crippen LogP contribution < -0.4 is 15.5 Å². The molecule has 0 saturated heterocycles. The largest absolute Gasteiger partial charge is 0.497 e. The van der Waals surface area contributed by atoms with Crippen LogP contribution in [0, 0.1) is 5.82 Å². The first-order chi connectivity index (χ1) is 11.1. The highest BCUT2D eigenvalue weighted by Gasteiger charge is 2.12. The number of ether oxygens (including phenoxy) is 1. The standard InChI is InChI=1S/C16H14FN3O3/c1-23-14-8-6-13(7-9-14)19-15(21)16(22)20-18-10-11-2-4-12(17)5-3-11/h2-10H,1H3,(H,19,21)(H,20,22). The minimum Gasteiger partial charge on any atom is -0.497 e. The maximum absolute atomic E-state index is 12.7. The molecule has 2 rings (SSSR count). The highest BCUT2D eigenvalue weighted by molar-refractivity contribution is 6.39. The summed E-state index contributed by atoms with van der Waals surface area (Å²) in [6, 6.07) is 12.0. The Labute approximate surface area is 132 Å². The molecule has 2 N–H and O–H groups in total. The lowest BCUT2D eigenvalue weighted by molar-refractivity contribution is -0.136. The maximum Gasteiger partial charge on any atom is 0.329 e. The van der Waals surface area contributed by atoms with E-state index < -0.39 is 11.8 Å². The third kappa shape index (κ3) is 4.92. The van der Waals surface area contributed by atoms with Crippen LogP contribution >= 0.6 is 0 Å². The number of nitrogens with zero attached hydrogens (tertiary/aromatic N) is 1. The molecule has 2 aromatic carbocycles. The molecule has 0 unspecified atom stereocenters. The van der Waals surface area contributed by atoms with Gasteiger partial charge in [0.2, 0.25) is 0 Å². The second-order valence-electron chi connectivity index (χ2n) is 4.43. The van der Waals surface area contributed by atoms with E-state index in [0.717, 1.165) is 0 Å². The SMILES string of the molecule is COc1ccc(NC(=O)C(=O)NN=Cc2ccc(F)cc2)cc1. The Morgan fingerprint density at radius 2 is 1.70 bits per heavy atom.